The molecule has 2 heterocycles. The van der Waals surface area contributed by atoms with E-state index in [4.69, 9.17) is 9.84 Å². The van der Waals surface area contributed by atoms with E-state index in [1.165, 1.54) is 0 Å². The number of benzene rings is 1. The van der Waals surface area contributed by atoms with Crippen LogP contribution in [0.2, 0.25) is 0 Å². The first-order chi connectivity index (χ1) is 12.5. The molecular weight excluding hydrogens is 330 g/mol. The molecular formula is C20H31N3O3. The molecule has 3 rings (SSSR count). The van der Waals surface area contributed by atoms with Gasteiger partial charge in [-0.1, -0.05) is 12.1 Å². The van der Waals surface area contributed by atoms with Gasteiger partial charge in [0.05, 0.1) is 18.3 Å². The van der Waals surface area contributed by atoms with Gasteiger partial charge >= 0.3 is 5.97 Å². The first-order valence-electron chi connectivity index (χ1n) is 9.64. The molecule has 0 amide bonds. The van der Waals surface area contributed by atoms with E-state index in [0.717, 1.165) is 64.5 Å². The summed E-state index contributed by atoms with van der Waals surface area (Å²) in [6.45, 7) is 13.3. The maximum Gasteiger partial charge on any atom is 0.335 e. The van der Waals surface area contributed by atoms with Gasteiger partial charge in [-0.25, -0.2) is 4.79 Å². The molecule has 0 radical (unpaired) electrons. The summed E-state index contributed by atoms with van der Waals surface area (Å²) in [5.74, 6) is -0.861. The van der Waals surface area contributed by atoms with Crippen molar-refractivity contribution in [3.63, 3.8) is 0 Å². The first-order valence-corrected chi connectivity index (χ1v) is 9.64. The highest BCUT2D eigenvalue weighted by Crippen LogP contribution is 2.14. The fourth-order valence-corrected chi connectivity index (χ4v) is 3.80. The number of aromatic carboxylic acids is 1. The number of carboxylic acids is 1. The van der Waals surface area contributed by atoms with Crippen molar-refractivity contribution >= 4 is 5.97 Å². The molecule has 1 unspecified atom stereocenters. The van der Waals surface area contributed by atoms with Gasteiger partial charge in [-0.3, -0.25) is 14.7 Å². The Balaban J connectivity index is 1.44. The van der Waals surface area contributed by atoms with Gasteiger partial charge in [0.15, 0.2) is 0 Å². The molecule has 0 spiro atoms. The third kappa shape index (κ3) is 5.27. The molecule has 2 aliphatic heterocycles. The molecule has 2 aliphatic rings. The molecule has 6 heteroatoms. The zero-order chi connectivity index (χ0) is 18.5. The number of nitrogens with zero attached hydrogens (tertiary/aromatic N) is 3. The normalized spacial score (nSPS) is 23.4. The fourth-order valence-electron chi connectivity index (χ4n) is 3.80. The topological polar surface area (TPSA) is 56.2 Å². The van der Waals surface area contributed by atoms with E-state index in [1.54, 1.807) is 12.1 Å². The molecule has 2 saturated heterocycles. The lowest BCUT2D eigenvalue weighted by Crippen LogP contribution is -2.53. The molecule has 1 aromatic carbocycles. The summed E-state index contributed by atoms with van der Waals surface area (Å²) in [6, 6.07) is 7.85. The number of piperazine rings is 1. The molecule has 0 bridgehead atoms. The van der Waals surface area contributed by atoms with Crippen LogP contribution >= 0.6 is 0 Å². The average molecular weight is 361 g/mol. The van der Waals surface area contributed by atoms with Crippen molar-refractivity contribution in [2.75, 3.05) is 52.4 Å². The summed E-state index contributed by atoms with van der Waals surface area (Å²) in [5.41, 5.74) is 1.44. The van der Waals surface area contributed by atoms with Crippen molar-refractivity contribution in [2.24, 2.45) is 0 Å². The molecule has 0 saturated carbocycles. The van der Waals surface area contributed by atoms with Crippen LogP contribution in [0.15, 0.2) is 24.3 Å². The number of morpholine rings is 1. The van der Waals surface area contributed by atoms with Crippen molar-refractivity contribution in [1.82, 2.24) is 14.7 Å². The fraction of sp³-hybridized carbons (Fsp3) is 0.650. The second-order valence-corrected chi connectivity index (χ2v) is 7.66. The van der Waals surface area contributed by atoms with E-state index >= 15 is 0 Å². The Morgan fingerprint density at radius 2 is 1.92 bits per heavy atom. The monoisotopic (exact) mass is 361 g/mol. The number of carbonyl (C=O) groups is 1. The van der Waals surface area contributed by atoms with Crippen LogP contribution in [0.25, 0.3) is 0 Å². The molecule has 1 aromatic rings. The summed E-state index contributed by atoms with van der Waals surface area (Å²) in [6.07, 6.45) is 0.310. The third-order valence-corrected chi connectivity index (χ3v) is 5.41. The van der Waals surface area contributed by atoms with Crippen molar-refractivity contribution in [2.45, 2.75) is 32.5 Å². The van der Waals surface area contributed by atoms with Crippen LogP contribution in [0.4, 0.5) is 0 Å². The van der Waals surface area contributed by atoms with Crippen molar-refractivity contribution in [3.8, 4) is 0 Å². The maximum atomic E-state index is 11.1. The summed E-state index contributed by atoms with van der Waals surface area (Å²) in [5, 5.41) is 9.12. The van der Waals surface area contributed by atoms with E-state index in [0.29, 0.717) is 17.7 Å². The summed E-state index contributed by atoms with van der Waals surface area (Å²) in [7, 11) is 0. The Bertz CT molecular complexity index is 600. The highest BCUT2D eigenvalue weighted by atomic mass is 16.5. The van der Waals surface area contributed by atoms with Crippen LogP contribution in [-0.2, 0) is 11.3 Å². The van der Waals surface area contributed by atoms with Crippen LogP contribution in [0.3, 0.4) is 0 Å². The molecule has 144 valence electrons. The first kappa shape index (κ1) is 19.3. The molecule has 0 aliphatic carbocycles. The molecule has 1 atom stereocenters. The number of rotatable bonds is 6. The van der Waals surface area contributed by atoms with E-state index in [2.05, 4.69) is 28.5 Å². The number of ether oxygens (including phenoxy) is 1. The zero-order valence-corrected chi connectivity index (χ0v) is 15.9. The van der Waals surface area contributed by atoms with Gasteiger partial charge in [0.25, 0.3) is 0 Å². The molecule has 2 fully saturated rings. The zero-order valence-electron chi connectivity index (χ0n) is 15.9. The highest BCUT2D eigenvalue weighted by molar-refractivity contribution is 5.87. The Morgan fingerprint density at radius 1 is 1.19 bits per heavy atom. The van der Waals surface area contributed by atoms with Gasteiger partial charge in [-0.2, -0.15) is 0 Å². The standard InChI is InChI=1S/C20H31N3O3/c1-16(2)23-10-11-26-19(15-23)14-22-8-6-21(7-9-22)13-17-4-3-5-18(12-17)20(24)25/h3-5,12,16,19H,6-11,13-15H2,1-2H3,(H,24,25). The van der Waals surface area contributed by atoms with Crippen LogP contribution < -0.4 is 0 Å². The summed E-state index contributed by atoms with van der Waals surface area (Å²) in [4.78, 5) is 18.5. The van der Waals surface area contributed by atoms with Crippen LogP contribution in [0.5, 0.6) is 0 Å². The summed E-state index contributed by atoms with van der Waals surface area (Å²) < 4.78 is 5.97. The lowest BCUT2D eigenvalue weighted by molar-refractivity contribution is -0.0565. The Morgan fingerprint density at radius 3 is 2.62 bits per heavy atom. The van der Waals surface area contributed by atoms with E-state index < -0.39 is 5.97 Å². The molecule has 6 nitrogen and oxygen atoms in total. The Hall–Kier alpha value is -1.47. The van der Waals surface area contributed by atoms with Gasteiger partial charge in [-0.15, -0.1) is 0 Å². The molecule has 26 heavy (non-hydrogen) atoms. The van der Waals surface area contributed by atoms with Crippen molar-refractivity contribution in [3.05, 3.63) is 35.4 Å². The minimum absolute atomic E-state index is 0.310. The van der Waals surface area contributed by atoms with Gasteiger partial charge in [-0.05, 0) is 31.5 Å². The lowest BCUT2D eigenvalue weighted by atomic mass is 10.1. The SMILES string of the molecule is CC(C)N1CCOC(CN2CCN(Cc3cccc(C(=O)O)c3)CC2)C1. The van der Waals surface area contributed by atoms with Crippen LogP contribution in [-0.4, -0.2) is 90.3 Å². The van der Waals surface area contributed by atoms with Crippen molar-refractivity contribution < 1.29 is 14.6 Å². The predicted octanol–water partition coefficient (Wildman–Crippen LogP) is 1.61. The van der Waals surface area contributed by atoms with E-state index in [9.17, 15) is 4.79 Å². The maximum absolute atomic E-state index is 11.1. The van der Waals surface area contributed by atoms with Gasteiger partial charge in [0, 0.05) is 58.4 Å². The third-order valence-electron chi connectivity index (χ3n) is 5.41. The minimum atomic E-state index is -0.861. The minimum Gasteiger partial charge on any atom is -0.478 e. The largest absolute Gasteiger partial charge is 0.478 e. The average Bonchev–Trinajstić information content (AvgIpc) is 2.64. The number of carboxylic acid groups (broad SMARTS) is 1. The van der Waals surface area contributed by atoms with Crippen molar-refractivity contribution in [1.29, 1.82) is 0 Å². The van der Waals surface area contributed by atoms with Crippen LogP contribution in [0, 0.1) is 0 Å². The Kier molecular flexibility index (Phi) is 6.64. The second kappa shape index (κ2) is 8.95. The van der Waals surface area contributed by atoms with Crippen LogP contribution in [0.1, 0.15) is 29.8 Å². The molecule has 1 N–H and O–H groups in total. The van der Waals surface area contributed by atoms with Gasteiger partial charge in [0.1, 0.15) is 0 Å². The quantitative estimate of drug-likeness (QED) is 0.831. The predicted molar refractivity (Wildman–Crippen MR) is 102 cm³/mol. The second-order valence-electron chi connectivity index (χ2n) is 7.66. The Labute approximate surface area is 156 Å². The molecule has 0 aromatic heterocycles. The highest BCUT2D eigenvalue weighted by Gasteiger charge is 2.26. The van der Waals surface area contributed by atoms with Gasteiger partial charge in [0.2, 0.25) is 0 Å². The van der Waals surface area contributed by atoms with E-state index in [1.807, 2.05) is 12.1 Å². The van der Waals surface area contributed by atoms with Gasteiger partial charge < -0.3 is 9.84 Å². The lowest BCUT2D eigenvalue weighted by Gasteiger charge is -2.40. The smallest absolute Gasteiger partial charge is 0.335 e. The number of hydrogen-bond acceptors (Lipinski definition) is 5. The number of hydrogen-bond donors (Lipinski definition) is 1. The van der Waals surface area contributed by atoms with E-state index in [-0.39, 0.29) is 0 Å². The summed E-state index contributed by atoms with van der Waals surface area (Å²) >= 11 is 0.